The Labute approximate surface area is 147 Å². The Morgan fingerprint density at radius 2 is 1.68 bits per heavy atom. The highest BCUT2D eigenvalue weighted by atomic mass is 16.4. The molecule has 130 valence electrons. The Kier molecular flexibility index (Phi) is 5.33. The van der Waals surface area contributed by atoms with E-state index in [0.29, 0.717) is 19.5 Å². The van der Waals surface area contributed by atoms with E-state index in [4.69, 9.17) is 0 Å². The summed E-state index contributed by atoms with van der Waals surface area (Å²) in [5, 5.41) is 9.31. The standard InChI is InChI=1S/C20H22N2O3/c23-19(22-13-7-12-18(22)20(24)25)15-21(17-10-5-2-6-11-17)14-16-8-3-1-4-9-16/h1-6,8-11,18H,7,12-15H2,(H,24,25)/t18-/m0/s1. The van der Waals surface area contributed by atoms with Crippen LogP contribution in [0.1, 0.15) is 18.4 Å². The number of nitrogens with zero attached hydrogens (tertiary/aromatic N) is 2. The van der Waals surface area contributed by atoms with Crippen molar-refractivity contribution in [1.29, 1.82) is 0 Å². The van der Waals surface area contributed by atoms with Crippen molar-refractivity contribution in [1.82, 2.24) is 4.90 Å². The first kappa shape index (κ1) is 17.0. The number of para-hydroxylation sites is 1. The first-order chi connectivity index (χ1) is 12.1. The number of benzene rings is 2. The molecule has 0 aromatic heterocycles. The molecule has 1 saturated heterocycles. The van der Waals surface area contributed by atoms with Crippen LogP contribution in [-0.2, 0) is 16.1 Å². The van der Waals surface area contributed by atoms with Crippen molar-refractivity contribution in [2.75, 3.05) is 18.0 Å². The van der Waals surface area contributed by atoms with Gasteiger partial charge in [0.2, 0.25) is 5.91 Å². The van der Waals surface area contributed by atoms with E-state index in [1.165, 1.54) is 4.90 Å². The van der Waals surface area contributed by atoms with Gasteiger partial charge < -0.3 is 14.9 Å². The maximum Gasteiger partial charge on any atom is 0.326 e. The summed E-state index contributed by atoms with van der Waals surface area (Å²) >= 11 is 0. The summed E-state index contributed by atoms with van der Waals surface area (Å²) in [4.78, 5) is 27.6. The SMILES string of the molecule is O=C(O)[C@@H]1CCCN1C(=O)CN(Cc1ccccc1)c1ccccc1. The van der Waals surface area contributed by atoms with E-state index >= 15 is 0 Å². The van der Waals surface area contributed by atoms with Gasteiger partial charge in [0, 0.05) is 18.8 Å². The van der Waals surface area contributed by atoms with Crippen molar-refractivity contribution in [2.45, 2.75) is 25.4 Å². The molecule has 2 aromatic rings. The summed E-state index contributed by atoms with van der Waals surface area (Å²) < 4.78 is 0. The van der Waals surface area contributed by atoms with Gasteiger partial charge in [-0.3, -0.25) is 4.79 Å². The van der Waals surface area contributed by atoms with Crippen LogP contribution in [0.25, 0.3) is 0 Å². The van der Waals surface area contributed by atoms with Gasteiger partial charge in [-0.05, 0) is 30.5 Å². The molecular weight excluding hydrogens is 316 g/mol. The number of hydrogen-bond donors (Lipinski definition) is 1. The van der Waals surface area contributed by atoms with Gasteiger partial charge in [0.1, 0.15) is 6.04 Å². The van der Waals surface area contributed by atoms with Crippen molar-refractivity contribution in [3.8, 4) is 0 Å². The van der Waals surface area contributed by atoms with Gasteiger partial charge in [-0.1, -0.05) is 48.5 Å². The summed E-state index contributed by atoms with van der Waals surface area (Å²) in [5.74, 6) is -1.05. The lowest BCUT2D eigenvalue weighted by atomic mass is 10.2. The minimum atomic E-state index is -0.917. The fourth-order valence-electron chi connectivity index (χ4n) is 3.26. The van der Waals surface area contributed by atoms with Crippen LogP contribution in [0.4, 0.5) is 5.69 Å². The number of carbonyl (C=O) groups is 2. The highest BCUT2D eigenvalue weighted by Crippen LogP contribution is 2.21. The number of carbonyl (C=O) groups excluding carboxylic acids is 1. The van der Waals surface area contributed by atoms with E-state index in [9.17, 15) is 14.7 Å². The molecule has 1 aliphatic heterocycles. The van der Waals surface area contributed by atoms with Gasteiger partial charge in [-0.25, -0.2) is 4.79 Å². The predicted molar refractivity (Wildman–Crippen MR) is 96.3 cm³/mol. The van der Waals surface area contributed by atoms with Crippen LogP contribution < -0.4 is 4.90 Å². The number of carboxylic acid groups (broad SMARTS) is 1. The molecule has 1 heterocycles. The molecule has 0 radical (unpaired) electrons. The first-order valence-electron chi connectivity index (χ1n) is 8.51. The molecule has 0 bridgehead atoms. The molecule has 1 N–H and O–H groups in total. The molecule has 5 nitrogen and oxygen atoms in total. The van der Waals surface area contributed by atoms with Gasteiger partial charge >= 0.3 is 5.97 Å². The van der Waals surface area contributed by atoms with Crippen LogP contribution in [0.5, 0.6) is 0 Å². The molecule has 2 aromatic carbocycles. The molecule has 5 heteroatoms. The summed E-state index contributed by atoms with van der Waals surface area (Å²) in [6.07, 6.45) is 1.28. The van der Waals surface area contributed by atoms with Gasteiger partial charge in [0.25, 0.3) is 0 Å². The average Bonchev–Trinajstić information content (AvgIpc) is 3.13. The second-order valence-corrected chi connectivity index (χ2v) is 6.26. The lowest BCUT2D eigenvalue weighted by molar-refractivity contribution is -0.147. The smallest absolute Gasteiger partial charge is 0.326 e. The third kappa shape index (κ3) is 4.18. The van der Waals surface area contributed by atoms with E-state index in [1.807, 2.05) is 65.6 Å². The summed E-state index contributed by atoms with van der Waals surface area (Å²) in [6.45, 7) is 1.29. The highest BCUT2D eigenvalue weighted by molar-refractivity contribution is 5.87. The molecule has 1 fully saturated rings. The number of carboxylic acids is 1. The zero-order valence-electron chi connectivity index (χ0n) is 14.0. The predicted octanol–water partition coefficient (Wildman–Crippen LogP) is 2.77. The van der Waals surface area contributed by atoms with Crippen molar-refractivity contribution in [2.24, 2.45) is 0 Å². The summed E-state index contributed by atoms with van der Waals surface area (Å²) in [7, 11) is 0. The first-order valence-corrected chi connectivity index (χ1v) is 8.51. The number of anilines is 1. The number of amides is 1. The molecule has 1 atom stereocenters. The zero-order chi connectivity index (χ0) is 17.6. The van der Waals surface area contributed by atoms with Gasteiger partial charge in [-0.2, -0.15) is 0 Å². The van der Waals surface area contributed by atoms with Crippen molar-refractivity contribution < 1.29 is 14.7 Å². The van der Waals surface area contributed by atoms with Crippen LogP contribution in [0.15, 0.2) is 60.7 Å². The Balaban J connectivity index is 1.78. The fraction of sp³-hybridized carbons (Fsp3) is 0.300. The van der Waals surface area contributed by atoms with Crippen LogP contribution in [0.3, 0.4) is 0 Å². The Bertz CT molecular complexity index is 718. The molecular formula is C20H22N2O3. The van der Waals surface area contributed by atoms with Gasteiger partial charge in [-0.15, -0.1) is 0 Å². The van der Waals surface area contributed by atoms with Crippen molar-refractivity contribution in [3.63, 3.8) is 0 Å². The quantitative estimate of drug-likeness (QED) is 0.880. The molecule has 1 amide bonds. The van der Waals surface area contributed by atoms with E-state index in [1.54, 1.807) is 0 Å². The molecule has 0 spiro atoms. The molecule has 25 heavy (non-hydrogen) atoms. The van der Waals surface area contributed by atoms with E-state index in [-0.39, 0.29) is 12.5 Å². The second kappa shape index (κ2) is 7.83. The highest BCUT2D eigenvalue weighted by Gasteiger charge is 2.34. The molecule has 0 saturated carbocycles. The number of aliphatic carboxylic acids is 1. The monoisotopic (exact) mass is 338 g/mol. The molecule has 0 aliphatic carbocycles. The zero-order valence-corrected chi connectivity index (χ0v) is 14.0. The Hall–Kier alpha value is -2.82. The molecule has 0 unspecified atom stereocenters. The topological polar surface area (TPSA) is 60.9 Å². The van der Waals surface area contributed by atoms with E-state index in [0.717, 1.165) is 17.7 Å². The lowest BCUT2D eigenvalue weighted by Gasteiger charge is -2.28. The molecule has 1 aliphatic rings. The summed E-state index contributed by atoms with van der Waals surface area (Å²) in [6, 6.07) is 19.0. The van der Waals surface area contributed by atoms with Crippen molar-refractivity contribution in [3.05, 3.63) is 66.2 Å². The number of hydrogen-bond acceptors (Lipinski definition) is 3. The Morgan fingerprint density at radius 1 is 1.04 bits per heavy atom. The van der Waals surface area contributed by atoms with Gasteiger partial charge in [0.05, 0.1) is 6.54 Å². The van der Waals surface area contributed by atoms with Crippen LogP contribution in [0.2, 0.25) is 0 Å². The summed E-state index contributed by atoms with van der Waals surface area (Å²) in [5.41, 5.74) is 2.06. The third-order valence-electron chi connectivity index (χ3n) is 4.52. The maximum atomic E-state index is 12.8. The van der Waals surface area contributed by atoms with E-state index < -0.39 is 12.0 Å². The second-order valence-electron chi connectivity index (χ2n) is 6.26. The fourth-order valence-corrected chi connectivity index (χ4v) is 3.26. The van der Waals surface area contributed by atoms with Crippen LogP contribution in [-0.4, -0.2) is 41.0 Å². The van der Waals surface area contributed by atoms with Crippen molar-refractivity contribution >= 4 is 17.6 Å². The largest absolute Gasteiger partial charge is 0.480 e. The Morgan fingerprint density at radius 3 is 2.32 bits per heavy atom. The maximum absolute atomic E-state index is 12.8. The van der Waals surface area contributed by atoms with Gasteiger partial charge in [0.15, 0.2) is 0 Å². The number of rotatable bonds is 6. The van der Waals surface area contributed by atoms with Crippen LogP contribution in [0, 0.1) is 0 Å². The average molecular weight is 338 g/mol. The lowest BCUT2D eigenvalue weighted by Crippen LogP contribution is -2.45. The molecule has 3 rings (SSSR count). The normalized spacial score (nSPS) is 16.6. The minimum Gasteiger partial charge on any atom is -0.480 e. The number of likely N-dealkylation sites (tertiary alicyclic amines) is 1. The minimum absolute atomic E-state index is 0.135. The van der Waals surface area contributed by atoms with E-state index in [2.05, 4.69) is 0 Å². The third-order valence-corrected chi connectivity index (χ3v) is 4.52. The van der Waals surface area contributed by atoms with Crippen LogP contribution >= 0.6 is 0 Å².